The maximum Gasteiger partial charge on any atom is 0.239 e. The van der Waals surface area contributed by atoms with E-state index in [1.807, 2.05) is 66.7 Å². The second-order valence-corrected chi connectivity index (χ2v) is 8.93. The summed E-state index contributed by atoms with van der Waals surface area (Å²) in [5.41, 5.74) is 3.03. The molecule has 4 rings (SSSR count). The number of rotatable bonds is 7. The van der Waals surface area contributed by atoms with E-state index in [9.17, 15) is 4.79 Å². The lowest BCUT2D eigenvalue weighted by molar-refractivity contribution is -0.116. The molecule has 3 nitrogen and oxygen atoms in total. The Labute approximate surface area is 183 Å². The maximum absolute atomic E-state index is 13.1. The molecule has 0 N–H and O–H groups in total. The molecule has 3 aromatic carbocycles. The smallest absolute Gasteiger partial charge is 0.239 e. The average molecular weight is 439 g/mol. The van der Waals surface area contributed by atoms with E-state index in [0.29, 0.717) is 22.5 Å². The van der Waals surface area contributed by atoms with Crippen molar-refractivity contribution >= 4 is 56.0 Å². The van der Waals surface area contributed by atoms with E-state index >= 15 is 0 Å². The zero-order valence-electron chi connectivity index (χ0n) is 15.6. The van der Waals surface area contributed by atoms with Gasteiger partial charge in [0.1, 0.15) is 5.52 Å². The number of hydrogen-bond acceptors (Lipinski definition) is 4. The van der Waals surface area contributed by atoms with Crippen LogP contribution < -0.4 is 4.90 Å². The number of amides is 1. The Hall–Kier alpha value is -2.34. The monoisotopic (exact) mass is 438 g/mol. The van der Waals surface area contributed by atoms with E-state index in [1.54, 1.807) is 16.7 Å². The fraction of sp³-hybridized carbons (Fsp3) is 0.130. The number of carbonyl (C=O) groups is 1. The van der Waals surface area contributed by atoms with Crippen molar-refractivity contribution in [3.8, 4) is 0 Å². The second kappa shape index (κ2) is 9.44. The number of thiazole rings is 1. The Morgan fingerprint density at radius 1 is 0.931 bits per heavy atom. The molecule has 0 saturated heterocycles. The van der Waals surface area contributed by atoms with Crippen molar-refractivity contribution in [2.45, 2.75) is 12.3 Å². The van der Waals surface area contributed by atoms with E-state index in [-0.39, 0.29) is 5.91 Å². The van der Waals surface area contributed by atoms with Gasteiger partial charge in [-0.15, -0.1) is 11.8 Å². The van der Waals surface area contributed by atoms with Crippen LogP contribution in [0.15, 0.2) is 78.9 Å². The lowest BCUT2D eigenvalue weighted by Crippen LogP contribution is -2.31. The molecule has 0 bridgehead atoms. The third kappa shape index (κ3) is 4.99. The topological polar surface area (TPSA) is 33.2 Å². The number of para-hydroxylation sites is 1. The highest BCUT2D eigenvalue weighted by Gasteiger charge is 2.21. The summed E-state index contributed by atoms with van der Waals surface area (Å²) in [6.45, 7) is 0.489. The van der Waals surface area contributed by atoms with Crippen LogP contribution in [0.5, 0.6) is 0 Å². The first-order valence-corrected chi connectivity index (χ1v) is 11.6. The van der Waals surface area contributed by atoms with Gasteiger partial charge in [0.2, 0.25) is 5.91 Å². The van der Waals surface area contributed by atoms with Crippen molar-refractivity contribution in [2.24, 2.45) is 0 Å². The lowest BCUT2D eigenvalue weighted by Gasteiger charge is -2.20. The number of anilines is 1. The summed E-state index contributed by atoms with van der Waals surface area (Å²) < 4.78 is 0.982. The molecule has 6 heteroatoms. The van der Waals surface area contributed by atoms with Crippen molar-refractivity contribution in [2.75, 3.05) is 10.7 Å². The summed E-state index contributed by atoms with van der Waals surface area (Å²) in [7, 11) is 0. The molecule has 0 aliphatic carbocycles. The van der Waals surface area contributed by atoms with E-state index in [4.69, 9.17) is 11.6 Å². The maximum atomic E-state index is 13.1. The van der Waals surface area contributed by atoms with Crippen molar-refractivity contribution < 1.29 is 4.79 Å². The first kappa shape index (κ1) is 20.0. The molecular weight excluding hydrogens is 420 g/mol. The molecule has 1 heterocycles. The average Bonchev–Trinajstić information content (AvgIpc) is 3.19. The Morgan fingerprint density at radius 2 is 1.62 bits per heavy atom. The van der Waals surface area contributed by atoms with Crippen LogP contribution in [0.25, 0.3) is 10.2 Å². The lowest BCUT2D eigenvalue weighted by atomic mass is 10.2. The number of aromatic nitrogens is 1. The molecule has 0 spiro atoms. The Kier molecular flexibility index (Phi) is 6.49. The van der Waals surface area contributed by atoms with Gasteiger partial charge in [0.15, 0.2) is 5.13 Å². The standard InChI is InChI=1S/C23H19ClN2OS2/c24-19-12-7-13-20-22(19)25-23(29-20)26(14-17-8-3-1-4-9-17)21(27)16-28-15-18-10-5-2-6-11-18/h1-13H,14-16H2. The molecule has 146 valence electrons. The van der Waals surface area contributed by atoms with Gasteiger partial charge in [0.25, 0.3) is 0 Å². The van der Waals surface area contributed by atoms with Gasteiger partial charge in [-0.2, -0.15) is 0 Å². The number of halogens is 1. The molecule has 0 aliphatic rings. The molecule has 0 saturated carbocycles. The fourth-order valence-corrected chi connectivity index (χ4v) is 5.10. The molecule has 0 radical (unpaired) electrons. The van der Waals surface area contributed by atoms with Gasteiger partial charge in [-0.3, -0.25) is 9.69 Å². The molecule has 1 amide bonds. The minimum absolute atomic E-state index is 0.0463. The summed E-state index contributed by atoms with van der Waals surface area (Å²) in [5.74, 6) is 1.24. The zero-order valence-corrected chi connectivity index (χ0v) is 18.0. The molecule has 4 aromatic rings. The van der Waals surface area contributed by atoms with Gasteiger partial charge in [0.05, 0.1) is 22.0 Å². The minimum Gasteiger partial charge on any atom is -0.283 e. The van der Waals surface area contributed by atoms with Crippen molar-refractivity contribution in [1.82, 2.24) is 4.98 Å². The predicted molar refractivity (Wildman–Crippen MR) is 125 cm³/mol. The highest BCUT2D eigenvalue weighted by atomic mass is 35.5. The minimum atomic E-state index is 0.0463. The van der Waals surface area contributed by atoms with Crippen LogP contribution in [0.3, 0.4) is 0 Å². The van der Waals surface area contributed by atoms with Gasteiger partial charge in [-0.05, 0) is 23.3 Å². The number of thioether (sulfide) groups is 1. The van der Waals surface area contributed by atoms with Gasteiger partial charge >= 0.3 is 0 Å². The fourth-order valence-electron chi connectivity index (χ4n) is 2.96. The first-order chi connectivity index (χ1) is 14.2. The highest BCUT2D eigenvalue weighted by Crippen LogP contribution is 2.33. The Morgan fingerprint density at radius 3 is 2.31 bits per heavy atom. The van der Waals surface area contributed by atoms with E-state index in [2.05, 4.69) is 17.1 Å². The van der Waals surface area contributed by atoms with E-state index in [1.165, 1.54) is 16.9 Å². The molecule has 0 atom stereocenters. The van der Waals surface area contributed by atoms with E-state index in [0.717, 1.165) is 21.5 Å². The SMILES string of the molecule is O=C(CSCc1ccccc1)N(Cc1ccccc1)c1nc2c(Cl)cccc2s1. The van der Waals surface area contributed by atoms with Gasteiger partial charge < -0.3 is 0 Å². The van der Waals surface area contributed by atoms with Gasteiger partial charge in [0, 0.05) is 5.75 Å². The van der Waals surface area contributed by atoms with Crippen LogP contribution in [0.4, 0.5) is 5.13 Å². The number of benzene rings is 3. The Bertz CT molecular complexity index is 1100. The summed E-state index contributed by atoms with van der Waals surface area (Å²) >= 11 is 9.42. The van der Waals surface area contributed by atoms with Crippen LogP contribution >= 0.6 is 34.7 Å². The largest absolute Gasteiger partial charge is 0.283 e. The van der Waals surface area contributed by atoms with Gasteiger partial charge in [-0.25, -0.2) is 4.98 Å². The molecule has 0 fully saturated rings. The van der Waals surface area contributed by atoms with Crippen LogP contribution in [0.2, 0.25) is 5.02 Å². The molecule has 0 aliphatic heterocycles. The third-order valence-electron chi connectivity index (χ3n) is 4.41. The van der Waals surface area contributed by atoms with Crippen LogP contribution in [0, 0.1) is 0 Å². The quantitative estimate of drug-likeness (QED) is 0.334. The molecule has 0 unspecified atom stereocenters. The zero-order chi connectivity index (χ0) is 20.1. The summed E-state index contributed by atoms with van der Waals surface area (Å²) in [4.78, 5) is 19.6. The molecule has 29 heavy (non-hydrogen) atoms. The second-order valence-electron chi connectivity index (χ2n) is 6.53. The number of hydrogen-bond donors (Lipinski definition) is 0. The highest BCUT2D eigenvalue weighted by molar-refractivity contribution is 7.99. The van der Waals surface area contributed by atoms with Crippen molar-refractivity contribution in [3.05, 3.63) is 95.0 Å². The van der Waals surface area contributed by atoms with Crippen LogP contribution in [0.1, 0.15) is 11.1 Å². The normalized spacial score (nSPS) is 10.9. The number of carbonyl (C=O) groups excluding carboxylic acids is 1. The van der Waals surface area contributed by atoms with E-state index < -0.39 is 0 Å². The van der Waals surface area contributed by atoms with Crippen molar-refractivity contribution in [3.63, 3.8) is 0 Å². The third-order valence-corrected chi connectivity index (χ3v) is 6.75. The summed E-state index contributed by atoms with van der Waals surface area (Å²) in [6.07, 6.45) is 0. The molecule has 1 aromatic heterocycles. The first-order valence-electron chi connectivity index (χ1n) is 9.22. The van der Waals surface area contributed by atoms with Crippen LogP contribution in [-0.4, -0.2) is 16.6 Å². The molecular formula is C23H19ClN2OS2. The summed E-state index contributed by atoms with van der Waals surface area (Å²) in [5, 5.41) is 1.29. The van der Waals surface area contributed by atoms with Crippen LogP contribution in [-0.2, 0) is 17.1 Å². The summed E-state index contributed by atoms with van der Waals surface area (Å²) in [6, 6.07) is 25.9. The van der Waals surface area contributed by atoms with Crippen molar-refractivity contribution in [1.29, 1.82) is 0 Å². The Balaban J connectivity index is 1.55. The van der Waals surface area contributed by atoms with Gasteiger partial charge in [-0.1, -0.05) is 89.7 Å². The number of nitrogens with zero attached hydrogens (tertiary/aromatic N) is 2. The number of fused-ring (bicyclic) bond motifs is 1. The predicted octanol–water partition coefficient (Wildman–Crippen LogP) is 6.42.